The fraction of sp³-hybridized carbons (Fsp3) is 0.500. The topological polar surface area (TPSA) is 40.5 Å². The first-order chi connectivity index (χ1) is 8.68. The van der Waals surface area contributed by atoms with Crippen LogP contribution in [0.5, 0.6) is 0 Å². The third kappa shape index (κ3) is 7.25. The van der Waals surface area contributed by atoms with Crippen LogP contribution < -0.4 is 0 Å². The molecule has 1 rings (SSSR count). The lowest BCUT2D eigenvalue weighted by Crippen LogP contribution is -2.07. The quantitative estimate of drug-likeness (QED) is 0.548. The van der Waals surface area contributed by atoms with Gasteiger partial charge in [0.25, 0.3) is 0 Å². The first-order valence-corrected chi connectivity index (χ1v) is 6.75. The van der Waals surface area contributed by atoms with E-state index in [0.717, 1.165) is 32.1 Å². The molecule has 100 valence electrons. The number of aliphatic hydroxyl groups is 2. The van der Waals surface area contributed by atoms with E-state index in [-0.39, 0.29) is 12.2 Å². The molecule has 0 aliphatic rings. The summed E-state index contributed by atoms with van der Waals surface area (Å²) < 4.78 is 0. The maximum absolute atomic E-state index is 9.85. The molecule has 0 aliphatic carbocycles. The highest BCUT2D eigenvalue weighted by molar-refractivity contribution is 5.14. The van der Waals surface area contributed by atoms with Crippen molar-refractivity contribution in [2.45, 2.75) is 51.2 Å². The molecular weight excluding hydrogens is 224 g/mol. The SMILES string of the molecule is CC(O)/C=C/CCCC(O)CCc1ccccc1. The molecule has 18 heavy (non-hydrogen) atoms. The van der Waals surface area contributed by atoms with Gasteiger partial charge in [-0.2, -0.15) is 0 Å². The smallest absolute Gasteiger partial charge is 0.0692 e. The van der Waals surface area contributed by atoms with E-state index in [9.17, 15) is 5.11 Å². The van der Waals surface area contributed by atoms with Gasteiger partial charge in [-0.25, -0.2) is 0 Å². The fourth-order valence-electron chi connectivity index (χ4n) is 1.89. The second kappa shape index (κ2) is 8.90. The van der Waals surface area contributed by atoms with Gasteiger partial charge in [-0.05, 0) is 44.6 Å². The van der Waals surface area contributed by atoms with Crippen LogP contribution in [0.25, 0.3) is 0 Å². The highest BCUT2D eigenvalue weighted by atomic mass is 16.3. The Balaban J connectivity index is 2.09. The zero-order valence-electron chi connectivity index (χ0n) is 11.1. The molecule has 0 heterocycles. The largest absolute Gasteiger partial charge is 0.393 e. The molecule has 0 bridgehead atoms. The number of allylic oxidation sites excluding steroid dienone is 1. The van der Waals surface area contributed by atoms with Crippen LogP contribution in [0.4, 0.5) is 0 Å². The molecule has 0 fully saturated rings. The fourth-order valence-corrected chi connectivity index (χ4v) is 1.89. The molecule has 2 N–H and O–H groups in total. The average molecular weight is 248 g/mol. The van der Waals surface area contributed by atoms with Crippen LogP contribution in [0.3, 0.4) is 0 Å². The van der Waals surface area contributed by atoms with Gasteiger partial charge in [0, 0.05) is 0 Å². The molecule has 2 unspecified atom stereocenters. The number of rotatable bonds is 8. The Morgan fingerprint density at radius 1 is 1.11 bits per heavy atom. The number of aryl methyl sites for hydroxylation is 1. The van der Waals surface area contributed by atoms with Crippen LogP contribution in [0, 0.1) is 0 Å². The Morgan fingerprint density at radius 3 is 2.50 bits per heavy atom. The monoisotopic (exact) mass is 248 g/mol. The predicted molar refractivity (Wildman–Crippen MR) is 75.4 cm³/mol. The summed E-state index contributed by atoms with van der Waals surface area (Å²) in [6.07, 6.45) is 7.67. The minimum atomic E-state index is -0.368. The molecule has 0 saturated heterocycles. The molecule has 2 nitrogen and oxygen atoms in total. The van der Waals surface area contributed by atoms with Crippen molar-refractivity contribution in [1.82, 2.24) is 0 Å². The minimum Gasteiger partial charge on any atom is -0.393 e. The Labute approximate surface area is 110 Å². The van der Waals surface area contributed by atoms with Crippen molar-refractivity contribution >= 4 is 0 Å². The highest BCUT2D eigenvalue weighted by Crippen LogP contribution is 2.10. The van der Waals surface area contributed by atoms with Crippen molar-refractivity contribution in [3.05, 3.63) is 48.0 Å². The first kappa shape index (κ1) is 14.9. The summed E-state index contributed by atoms with van der Waals surface area (Å²) in [7, 11) is 0. The molecule has 2 heteroatoms. The third-order valence-corrected chi connectivity index (χ3v) is 2.93. The van der Waals surface area contributed by atoms with Gasteiger partial charge in [0.2, 0.25) is 0 Å². The second-order valence-electron chi connectivity index (χ2n) is 4.78. The van der Waals surface area contributed by atoms with E-state index < -0.39 is 0 Å². The van der Waals surface area contributed by atoms with Crippen LogP contribution in [0.1, 0.15) is 38.2 Å². The predicted octanol–water partition coefficient (Wildman–Crippen LogP) is 3.09. The van der Waals surface area contributed by atoms with Crippen LogP contribution in [-0.2, 0) is 6.42 Å². The standard InChI is InChI=1S/C16H24O2/c1-14(17)8-4-2-7-11-16(18)13-12-15-9-5-3-6-10-15/h3-6,8-10,14,16-18H,2,7,11-13H2,1H3/b8-4+. The molecule has 1 aromatic rings. The van der Waals surface area contributed by atoms with E-state index >= 15 is 0 Å². The molecule has 0 saturated carbocycles. The van der Waals surface area contributed by atoms with E-state index in [1.807, 2.05) is 24.3 Å². The Bertz CT molecular complexity index is 330. The van der Waals surface area contributed by atoms with Gasteiger partial charge in [-0.15, -0.1) is 0 Å². The number of unbranched alkanes of at least 4 members (excludes halogenated alkanes) is 1. The van der Waals surface area contributed by atoms with Crippen LogP contribution in [-0.4, -0.2) is 22.4 Å². The lowest BCUT2D eigenvalue weighted by Gasteiger charge is -2.09. The van der Waals surface area contributed by atoms with Gasteiger partial charge in [-0.3, -0.25) is 0 Å². The van der Waals surface area contributed by atoms with Crippen molar-refractivity contribution in [2.24, 2.45) is 0 Å². The zero-order chi connectivity index (χ0) is 13.2. The molecule has 0 aliphatic heterocycles. The number of hydrogen-bond acceptors (Lipinski definition) is 2. The van der Waals surface area contributed by atoms with Crippen LogP contribution >= 0.6 is 0 Å². The maximum atomic E-state index is 9.85. The summed E-state index contributed by atoms with van der Waals surface area (Å²) in [6, 6.07) is 10.3. The summed E-state index contributed by atoms with van der Waals surface area (Å²) in [5.74, 6) is 0. The zero-order valence-corrected chi connectivity index (χ0v) is 11.1. The van der Waals surface area contributed by atoms with E-state index in [1.165, 1.54) is 5.56 Å². The summed E-state index contributed by atoms with van der Waals surface area (Å²) in [4.78, 5) is 0. The lowest BCUT2D eigenvalue weighted by atomic mass is 10.0. The van der Waals surface area contributed by atoms with Gasteiger partial charge >= 0.3 is 0 Å². The van der Waals surface area contributed by atoms with Gasteiger partial charge in [-0.1, -0.05) is 42.5 Å². The molecule has 0 radical (unpaired) electrons. The van der Waals surface area contributed by atoms with Crippen LogP contribution in [0.15, 0.2) is 42.5 Å². The van der Waals surface area contributed by atoms with E-state index in [4.69, 9.17) is 5.11 Å². The third-order valence-electron chi connectivity index (χ3n) is 2.93. The first-order valence-electron chi connectivity index (χ1n) is 6.75. The van der Waals surface area contributed by atoms with Crippen molar-refractivity contribution in [1.29, 1.82) is 0 Å². The van der Waals surface area contributed by atoms with Crippen molar-refractivity contribution in [2.75, 3.05) is 0 Å². The van der Waals surface area contributed by atoms with Gasteiger partial charge in [0.05, 0.1) is 12.2 Å². The van der Waals surface area contributed by atoms with Gasteiger partial charge in [0.15, 0.2) is 0 Å². The highest BCUT2D eigenvalue weighted by Gasteiger charge is 2.03. The Kier molecular flexibility index (Phi) is 7.38. The summed E-state index contributed by atoms with van der Waals surface area (Å²) in [5, 5.41) is 18.9. The molecule has 1 aromatic carbocycles. The van der Waals surface area contributed by atoms with Gasteiger partial charge < -0.3 is 10.2 Å². The number of benzene rings is 1. The van der Waals surface area contributed by atoms with Crippen molar-refractivity contribution in [3.63, 3.8) is 0 Å². The lowest BCUT2D eigenvalue weighted by molar-refractivity contribution is 0.152. The molecule has 0 spiro atoms. The average Bonchev–Trinajstić information content (AvgIpc) is 2.37. The summed E-state index contributed by atoms with van der Waals surface area (Å²) in [5.41, 5.74) is 1.28. The van der Waals surface area contributed by atoms with Crippen LogP contribution in [0.2, 0.25) is 0 Å². The summed E-state index contributed by atoms with van der Waals surface area (Å²) >= 11 is 0. The Morgan fingerprint density at radius 2 is 1.83 bits per heavy atom. The maximum Gasteiger partial charge on any atom is 0.0692 e. The number of hydrogen-bond donors (Lipinski definition) is 2. The Hall–Kier alpha value is -1.12. The normalized spacial score (nSPS) is 14.8. The summed E-state index contributed by atoms with van der Waals surface area (Å²) in [6.45, 7) is 1.74. The second-order valence-corrected chi connectivity index (χ2v) is 4.78. The van der Waals surface area contributed by atoms with Gasteiger partial charge in [0.1, 0.15) is 0 Å². The van der Waals surface area contributed by atoms with Crippen molar-refractivity contribution < 1.29 is 10.2 Å². The number of aliphatic hydroxyl groups excluding tert-OH is 2. The van der Waals surface area contributed by atoms with E-state index in [2.05, 4.69) is 12.1 Å². The van der Waals surface area contributed by atoms with Crippen molar-refractivity contribution in [3.8, 4) is 0 Å². The van der Waals surface area contributed by atoms with E-state index in [1.54, 1.807) is 13.0 Å². The molecular formula is C16H24O2. The van der Waals surface area contributed by atoms with E-state index in [0.29, 0.717) is 0 Å². The molecule has 0 aromatic heterocycles. The molecule has 0 amide bonds. The molecule has 2 atom stereocenters. The minimum absolute atomic E-state index is 0.217.